The minimum atomic E-state index is -0.459. The number of aromatic nitrogens is 1. The first-order valence-electron chi connectivity index (χ1n) is 8.18. The lowest BCUT2D eigenvalue weighted by Gasteiger charge is -2.31. The molecule has 1 atom stereocenters. The topological polar surface area (TPSA) is 63.7 Å². The Hall–Kier alpha value is -2.22. The van der Waals surface area contributed by atoms with Crippen LogP contribution in [0.15, 0.2) is 36.5 Å². The van der Waals surface area contributed by atoms with Gasteiger partial charge in [-0.2, -0.15) is 0 Å². The lowest BCUT2D eigenvalue weighted by molar-refractivity contribution is -0.138. The van der Waals surface area contributed by atoms with Crippen LogP contribution in [-0.2, 0) is 16.1 Å². The summed E-state index contributed by atoms with van der Waals surface area (Å²) in [4.78, 5) is 18.1. The number of pyridine rings is 1. The smallest absolute Gasteiger partial charge is 0.250 e. The third-order valence-corrected chi connectivity index (χ3v) is 4.31. The molecule has 1 aliphatic rings. The number of carbonyl (C=O) groups excluding carboxylic acids is 1. The maximum atomic E-state index is 13.3. The lowest BCUT2D eigenvalue weighted by Crippen LogP contribution is -2.48. The second-order valence-corrected chi connectivity index (χ2v) is 6.30. The number of benzene rings is 1. The molecule has 1 aromatic carbocycles. The first-order valence-corrected chi connectivity index (χ1v) is 8.56. The van der Waals surface area contributed by atoms with Gasteiger partial charge < -0.3 is 14.8 Å². The van der Waals surface area contributed by atoms with Gasteiger partial charge in [-0.05, 0) is 17.7 Å². The second kappa shape index (κ2) is 8.44. The van der Waals surface area contributed by atoms with E-state index in [2.05, 4.69) is 15.2 Å². The molecule has 1 aromatic heterocycles. The van der Waals surface area contributed by atoms with Crippen molar-refractivity contribution in [2.45, 2.75) is 12.6 Å². The van der Waals surface area contributed by atoms with E-state index in [1.54, 1.807) is 19.3 Å². The molecule has 0 unspecified atom stereocenters. The van der Waals surface area contributed by atoms with Gasteiger partial charge in [0.1, 0.15) is 11.9 Å². The van der Waals surface area contributed by atoms with E-state index in [0.29, 0.717) is 30.6 Å². The van der Waals surface area contributed by atoms with Crippen LogP contribution in [-0.4, -0.2) is 48.6 Å². The van der Waals surface area contributed by atoms with Gasteiger partial charge in [-0.15, -0.1) is 0 Å². The molecule has 1 saturated heterocycles. The van der Waals surface area contributed by atoms with Gasteiger partial charge in [-0.25, -0.2) is 9.37 Å². The summed E-state index contributed by atoms with van der Waals surface area (Å²) in [5.41, 5.74) is 0.972. The first-order chi connectivity index (χ1) is 12.5. The van der Waals surface area contributed by atoms with E-state index >= 15 is 0 Å². The number of halogens is 2. The molecule has 1 aliphatic heterocycles. The van der Waals surface area contributed by atoms with Crippen molar-refractivity contribution in [3.63, 3.8) is 0 Å². The minimum absolute atomic E-state index is 0.122. The van der Waals surface area contributed by atoms with Crippen LogP contribution in [0.4, 0.5) is 4.39 Å². The van der Waals surface area contributed by atoms with Gasteiger partial charge in [0.2, 0.25) is 11.8 Å². The Morgan fingerprint density at radius 2 is 2.31 bits per heavy atom. The number of amides is 1. The number of ether oxygens (including phenoxy) is 2. The van der Waals surface area contributed by atoms with E-state index < -0.39 is 11.9 Å². The zero-order valence-electron chi connectivity index (χ0n) is 14.2. The van der Waals surface area contributed by atoms with Crippen LogP contribution in [0.3, 0.4) is 0 Å². The number of rotatable bonds is 5. The minimum Gasteiger partial charge on any atom is -0.437 e. The van der Waals surface area contributed by atoms with Crippen LogP contribution in [0.1, 0.15) is 5.56 Å². The molecule has 0 aliphatic carbocycles. The monoisotopic (exact) mass is 379 g/mol. The molecular formula is C18H19ClFN3O3. The van der Waals surface area contributed by atoms with Gasteiger partial charge in [0.05, 0.1) is 11.6 Å². The summed E-state index contributed by atoms with van der Waals surface area (Å²) in [6.45, 7) is 2.41. The van der Waals surface area contributed by atoms with E-state index in [9.17, 15) is 9.18 Å². The quantitative estimate of drug-likeness (QED) is 0.865. The van der Waals surface area contributed by atoms with Gasteiger partial charge in [0, 0.05) is 45.0 Å². The SMILES string of the molecule is CNC(=O)[C@@H]1CN(Cc2ccc(Oc3cc(F)ccc3Cl)nc2)CCO1. The maximum absolute atomic E-state index is 13.3. The molecule has 0 bridgehead atoms. The number of hydrogen-bond acceptors (Lipinski definition) is 5. The van der Waals surface area contributed by atoms with Gasteiger partial charge in [-0.1, -0.05) is 17.7 Å². The first kappa shape index (κ1) is 18.6. The maximum Gasteiger partial charge on any atom is 0.250 e. The number of carbonyl (C=O) groups is 1. The largest absolute Gasteiger partial charge is 0.437 e. The van der Waals surface area contributed by atoms with Crippen molar-refractivity contribution in [2.24, 2.45) is 0 Å². The third-order valence-electron chi connectivity index (χ3n) is 4.00. The van der Waals surface area contributed by atoms with Crippen molar-refractivity contribution in [1.29, 1.82) is 0 Å². The average molecular weight is 380 g/mol. The molecule has 2 heterocycles. The predicted octanol–water partition coefficient (Wildman–Crippen LogP) is 2.61. The Kier molecular flexibility index (Phi) is 6.03. The van der Waals surface area contributed by atoms with Gasteiger partial charge >= 0.3 is 0 Å². The molecule has 3 rings (SSSR count). The van der Waals surface area contributed by atoms with E-state index in [1.807, 2.05) is 6.07 Å². The van der Waals surface area contributed by atoms with Crippen molar-refractivity contribution < 1.29 is 18.7 Å². The highest BCUT2D eigenvalue weighted by Gasteiger charge is 2.25. The van der Waals surface area contributed by atoms with Gasteiger partial charge in [0.15, 0.2) is 5.75 Å². The Morgan fingerprint density at radius 3 is 3.04 bits per heavy atom. The number of hydrogen-bond donors (Lipinski definition) is 1. The predicted molar refractivity (Wildman–Crippen MR) is 94.8 cm³/mol. The Balaban J connectivity index is 1.61. The Bertz CT molecular complexity index is 773. The second-order valence-electron chi connectivity index (χ2n) is 5.89. The van der Waals surface area contributed by atoms with Crippen LogP contribution in [0, 0.1) is 5.82 Å². The van der Waals surface area contributed by atoms with E-state index in [-0.39, 0.29) is 11.7 Å². The highest BCUT2D eigenvalue weighted by molar-refractivity contribution is 6.32. The van der Waals surface area contributed by atoms with Crippen molar-refractivity contribution in [3.8, 4) is 11.6 Å². The number of nitrogens with zero attached hydrogens (tertiary/aromatic N) is 2. The Morgan fingerprint density at radius 1 is 1.46 bits per heavy atom. The van der Waals surface area contributed by atoms with Crippen LogP contribution < -0.4 is 10.1 Å². The summed E-state index contributed by atoms with van der Waals surface area (Å²) in [5.74, 6) is -0.0115. The lowest BCUT2D eigenvalue weighted by atomic mass is 10.2. The fraction of sp³-hybridized carbons (Fsp3) is 0.333. The van der Waals surface area contributed by atoms with Gasteiger partial charge in [-0.3, -0.25) is 9.69 Å². The van der Waals surface area contributed by atoms with E-state index in [1.165, 1.54) is 18.2 Å². The Labute approximate surface area is 155 Å². The molecular weight excluding hydrogens is 361 g/mol. The summed E-state index contributed by atoms with van der Waals surface area (Å²) in [6.07, 6.45) is 1.23. The molecule has 1 amide bonds. The summed E-state index contributed by atoms with van der Waals surface area (Å²) in [7, 11) is 1.60. The highest BCUT2D eigenvalue weighted by Crippen LogP contribution is 2.29. The summed E-state index contributed by atoms with van der Waals surface area (Å²) < 4.78 is 24.3. The fourth-order valence-corrected chi connectivity index (χ4v) is 2.81. The summed E-state index contributed by atoms with van der Waals surface area (Å²) in [5, 5.41) is 2.91. The third kappa shape index (κ3) is 4.69. The number of morpholine rings is 1. The van der Waals surface area contributed by atoms with E-state index in [0.717, 1.165) is 12.1 Å². The van der Waals surface area contributed by atoms with Crippen LogP contribution in [0.5, 0.6) is 11.6 Å². The van der Waals surface area contributed by atoms with Crippen LogP contribution in [0.2, 0.25) is 5.02 Å². The fourth-order valence-electron chi connectivity index (χ4n) is 2.66. The van der Waals surface area contributed by atoms with Crippen LogP contribution >= 0.6 is 11.6 Å². The van der Waals surface area contributed by atoms with Crippen molar-refractivity contribution in [1.82, 2.24) is 15.2 Å². The average Bonchev–Trinajstić information content (AvgIpc) is 2.66. The van der Waals surface area contributed by atoms with Gasteiger partial charge in [0.25, 0.3) is 0 Å². The summed E-state index contributed by atoms with van der Waals surface area (Å²) in [6, 6.07) is 7.49. The van der Waals surface area contributed by atoms with Crippen LogP contribution in [0.25, 0.3) is 0 Å². The van der Waals surface area contributed by atoms with Crippen molar-refractivity contribution in [3.05, 3.63) is 52.9 Å². The molecule has 0 spiro atoms. The highest BCUT2D eigenvalue weighted by atomic mass is 35.5. The molecule has 2 aromatic rings. The molecule has 0 saturated carbocycles. The molecule has 1 N–H and O–H groups in total. The molecule has 8 heteroatoms. The molecule has 0 radical (unpaired) electrons. The molecule has 1 fully saturated rings. The summed E-state index contributed by atoms with van der Waals surface area (Å²) >= 11 is 5.99. The molecule has 138 valence electrons. The van der Waals surface area contributed by atoms with E-state index in [4.69, 9.17) is 21.1 Å². The zero-order chi connectivity index (χ0) is 18.5. The standard InChI is InChI=1S/C18H19ClFN3O3/c1-21-18(24)16-11-23(6-7-25-16)10-12-2-5-17(22-9-12)26-15-8-13(20)3-4-14(15)19/h2-5,8-9,16H,6-7,10-11H2,1H3,(H,21,24)/t16-/m0/s1. The molecule has 6 nitrogen and oxygen atoms in total. The number of nitrogens with one attached hydrogen (secondary N) is 1. The normalized spacial score (nSPS) is 17.7. The zero-order valence-corrected chi connectivity index (χ0v) is 15.0. The number of likely N-dealkylation sites (N-methyl/N-ethyl adjacent to an activating group) is 1. The van der Waals surface area contributed by atoms with Crippen molar-refractivity contribution in [2.75, 3.05) is 26.7 Å². The molecule has 26 heavy (non-hydrogen) atoms. The van der Waals surface area contributed by atoms with Crippen molar-refractivity contribution >= 4 is 17.5 Å².